The largest absolute Gasteiger partial charge is 0.452 e. The number of hydrogen-bond donors (Lipinski definition) is 1. The number of carbonyl (C=O) groups is 2. The quantitative estimate of drug-likeness (QED) is 0.652. The average Bonchev–Trinajstić information content (AvgIpc) is 3.20. The van der Waals surface area contributed by atoms with Gasteiger partial charge in [-0.05, 0) is 51.2 Å². The number of hydrogen-bond acceptors (Lipinski definition) is 6. The highest BCUT2D eigenvalue weighted by atomic mass is 16.5. The fourth-order valence-electron chi connectivity index (χ4n) is 4.04. The van der Waals surface area contributed by atoms with Crippen molar-refractivity contribution in [2.45, 2.75) is 58.6 Å². The second-order valence-electron chi connectivity index (χ2n) is 7.69. The lowest BCUT2D eigenvalue weighted by Gasteiger charge is -2.27. The van der Waals surface area contributed by atoms with E-state index in [1.54, 1.807) is 11.4 Å². The van der Waals surface area contributed by atoms with E-state index in [0.717, 1.165) is 36.1 Å². The van der Waals surface area contributed by atoms with Crippen LogP contribution in [-0.2, 0) is 27.2 Å². The summed E-state index contributed by atoms with van der Waals surface area (Å²) >= 11 is 0. The third-order valence-corrected chi connectivity index (χ3v) is 5.67. The molecular formula is C22H25N5O3. The molecular weight excluding hydrogens is 382 g/mol. The zero-order valence-electron chi connectivity index (χ0n) is 17.4. The minimum absolute atomic E-state index is 0.0182. The summed E-state index contributed by atoms with van der Waals surface area (Å²) in [6, 6.07) is 8.10. The highest BCUT2D eigenvalue weighted by molar-refractivity contribution is 5.84. The monoisotopic (exact) mass is 407 g/mol. The van der Waals surface area contributed by atoms with Crippen molar-refractivity contribution < 1.29 is 14.3 Å². The van der Waals surface area contributed by atoms with E-state index in [1.807, 2.05) is 26.0 Å². The van der Waals surface area contributed by atoms with Crippen LogP contribution in [0.4, 0.5) is 0 Å². The van der Waals surface area contributed by atoms with E-state index in [-0.39, 0.29) is 18.4 Å². The van der Waals surface area contributed by atoms with Gasteiger partial charge in [-0.2, -0.15) is 10.1 Å². The summed E-state index contributed by atoms with van der Waals surface area (Å²) in [6.07, 6.45) is 3.49. The van der Waals surface area contributed by atoms with Crippen molar-refractivity contribution in [3.8, 4) is 0 Å². The molecule has 1 aliphatic carbocycles. The maximum Gasteiger partial charge on any atom is 0.311 e. The van der Waals surface area contributed by atoms with Gasteiger partial charge < -0.3 is 10.1 Å². The van der Waals surface area contributed by atoms with Gasteiger partial charge in [0.05, 0.1) is 12.5 Å². The fourth-order valence-corrected chi connectivity index (χ4v) is 4.04. The van der Waals surface area contributed by atoms with Crippen LogP contribution in [0.3, 0.4) is 0 Å². The molecule has 0 unspecified atom stereocenters. The maximum atomic E-state index is 12.7. The highest BCUT2D eigenvalue weighted by Crippen LogP contribution is 2.29. The fraction of sp³-hybridized carbons (Fsp3) is 0.409. The van der Waals surface area contributed by atoms with Crippen LogP contribution in [-0.4, -0.2) is 37.6 Å². The molecule has 0 saturated heterocycles. The van der Waals surface area contributed by atoms with Gasteiger partial charge in [-0.25, -0.2) is 9.50 Å². The molecule has 30 heavy (non-hydrogen) atoms. The molecule has 0 radical (unpaired) electrons. The molecule has 8 heteroatoms. The number of nitrogens with one attached hydrogen (secondary N) is 1. The predicted octanol–water partition coefficient (Wildman–Crippen LogP) is 2.41. The Labute approximate surface area is 174 Å². The van der Waals surface area contributed by atoms with Gasteiger partial charge in [0, 0.05) is 17.0 Å². The van der Waals surface area contributed by atoms with Crippen LogP contribution in [0.5, 0.6) is 0 Å². The number of nitrogens with zero attached hydrogens (tertiary/aromatic N) is 4. The third-order valence-electron chi connectivity index (χ3n) is 5.67. The zero-order valence-corrected chi connectivity index (χ0v) is 17.4. The lowest BCUT2D eigenvalue weighted by atomic mass is 9.87. The van der Waals surface area contributed by atoms with Crippen LogP contribution < -0.4 is 5.32 Å². The Bertz CT molecular complexity index is 1110. The van der Waals surface area contributed by atoms with Gasteiger partial charge in [0.1, 0.15) is 6.33 Å². The first-order chi connectivity index (χ1) is 14.4. The molecule has 1 aromatic carbocycles. The first-order valence-electron chi connectivity index (χ1n) is 10.2. The van der Waals surface area contributed by atoms with E-state index in [1.165, 1.54) is 11.9 Å². The Balaban J connectivity index is 1.40. The summed E-state index contributed by atoms with van der Waals surface area (Å²) in [4.78, 5) is 33.6. The average molecular weight is 407 g/mol. The summed E-state index contributed by atoms with van der Waals surface area (Å²) < 4.78 is 7.01. The van der Waals surface area contributed by atoms with Crippen molar-refractivity contribution in [2.24, 2.45) is 0 Å². The molecule has 8 nitrogen and oxygen atoms in total. The normalized spacial score (nSPS) is 16.7. The highest BCUT2D eigenvalue weighted by Gasteiger charge is 2.26. The minimum atomic E-state index is -0.879. The molecule has 2 aromatic heterocycles. The van der Waals surface area contributed by atoms with Crippen LogP contribution in [0.2, 0.25) is 0 Å². The number of esters is 1. The van der Waals surface area contributed by atoms with Gasteiger partial charge in [0.2, 0.25) is 0 Å². The number of ether oxygens (including phenoxy) is 1. The van der Waals surface area contributed by atoms with Gasteiger partial charge in [-0.3, -0.25) is 9.59 Å². The predicted molar refractivity (Wildman–Crippen MR) is 110 cm³/mol. The van der Waals surface area contributed by atoms with Gasteiger partial charge in [-0.15, -0.1) is 0 Å². The second-order valence-corrected chi connectivity index (χ2v) is 7.69. The number of fused-ring (bicyclic) bond motifs is 2. The van der Waals surface area contributed by atoms with Gasteiger partial charge in [-0.1, -0.05) is 24.3 Å². The van der Waals surface area contributed by atoms with E-state index in [2.05, 4.69) is 32.5 Å². The van der Waals surface area contributed by atoms with Crippen LogP contribution >= 0.6 is 0 Å². The van der Waals surface area contributed by atoms with E-state index in [9.17, 15) is 9.59 Å². The summed E-state index contributed by atoms with van der Waals surface area (Å²) in [5, 5.41) is 7.16. The topological polar surface area (TPSA) is 98.5 Å². The first kappa shape index (κ1) is 20.0. The Morgan fingerprint density at radius 2 is 2.10 bits per heavy atom. The molecule has 3 aromatic rings. The van der Waals surface area contributed by atoms with E-state index >= 15 is 0 Å². The summed E-state index contributed by atoms with van der Waals surface area (Å²) in [5.74, 6) is -0.278. The van der Waals surface area contributed by atoms with Crippen LogP contribution in [0.25, 0.3) is 5.78 Å². The Hall–Kier alpha value is -3.29. The molecule has 2 heterocycles. The minimum Gasteiger partial charge on any atom is -0.452 e. The van der Waals surface area contributed by atoms with Gasteiger partial charge in [0.25, 0.3) is 11.7 Å². The van der Waals surface area contributed by atoms with Crippen molar-refractivity contribution in [1.82, 2.24) is 24.9 Å². The van der Waals surface area contributed by atoms with Crippen molar-refractivity contribution in [2.75, 3.05) is 0 Å². The van der Waals surface area contributed by atoms with Crippen molar-refractivity contribution in [3.63, 3.8) is 0 Å². The molecule has 0 bridgehead atoms. The Kier molecular flexibility index (Phi) is 5.48. The lowest BCUT2D eigenvalue weighted by molar-refractivity contribution is -0.154. The number of aryl methyl sites for hydroxylation is 3. The third kappa shape index (κ3) is 3.90. The lowest BCUT2D eigenvalue weighted by Crippen LogP contribution is -2.39. The SMILES string of the molecule is Cc1nc2ncnn2c(C)c1CC(=O)O[C@@H](C)C(=O)N[C@H]1CCCc2ccccc21. The van der Waals surface area contributed by atoms with Crippen LogP contribution in [0, 0.1) is 13.8 Å². The van der Waals surface area contributed by atoms with E-state index in [0.29, 0.717) is 11.5 Å². The molecule has 156 valence electrons. The summed E-state index contributed by atoms with van der Waals surface area (Å²) in [5.41, 5.74) is 4.62. The molecule has 4 rings (SSSR count). The first-order valence-corrected chi connectivity index (χ1v) is 10.2. The Morgan fingerprint density at radius 1 is 1.30 bits per heavy atom. The van der Waals surface area contributed by atoms with E-state index in [4.69, 9.17) is 4.74 Å². The molecule has 1 aliphatic rings. The second kappa shape index (κ2) is 8.22. The molecule has 1 amide bonds. The van der Waals surface area contributed by atoms with Crippen molar-refractivity contribution in [3.05, 3.63) is 58.7 Å². The molecule has 0 fully saturated rings. The number of carbonyl (C=O) groups excluding carboxylic acids is 2. The number of amides is 1. The number of aromatic nitrogens is 4. The molecule has 0 aliphatic heterocycles. The Morgan fingerprint density at radius 3 is 2.93 bits per heavy atom. The van der Waals surface area contributed by atoms with E-state index < -0.39 is 12.1 Å². The molecule has 1 N–H and O–H groups in total. The zero-order chi connectivity index (χ0) is 21.3. The van der Waals surface area contributed by atoms with Crippen LogP contribution in [0.15, 0.2) is 30.6 Å². The van der Waals surface area contributed by atoms with Crippen molar-refractivity contribution in [1.29, 1.82) is 0 Å². The molecule has 2 atom stereocenters. The van der Waals surface area contributed by atoms with Crippen LogP contribution in [0.1, 0.15) is 53.9 Å². The summed E-state index contributed by atoms with van der Waals surface area (Å²) in [7, 11) is 0. The number of rotatable bonds is 5. The standard InChI is InChI=1S/C22H25N5O3/c1-13-18(14(2)27-22(25-13)23-12-24-27)11-20(28)30-15(3)21(29)26-19-10-6-8-16-7-4-5-9-17(16)19/h4-5,7,9,12,15,19H,6,8,10-11H2,1-3H3,(H,26,29)/t15-,19-/m0/s1. The van der Waals surface area contributed by atoms with Crippen molar-refractivity contribution >= 4 is 17.7 Å². The summed E-state index contributed by atoms with van der Waals surface area (Å²) in [6.45, 7) is 5.27. The maximum absolute atomic E-state index is 12.7. The van der Waals surface area contributed by atoms with Gasteiger partial charge in [0.15, 0.2) is 6.10 Å². The molecule has 0 saturated carbocycles. The van der Waals surface area contributed by atoms with Gasteiger partial charge >= 0.3 is 5.97 Å². The smallest absolute Gasteiger partial charge is 0.311 e. The molecule has 0 spiro atoms. The number of benzene rings is 1.